The van der Waals surface area contributed by atoms with Gasteiger partial charge in [0.1, 0.15) is 16.7 Å². The minimum Gasteiger partial charge on any atom is -0.497 e. The largest absolute Gasteiger partial charge is 0.497 e. The number of pyridine rings is 1. The van der Waals surface area contributed by atoms with Crippen LogP contribution in [0.25, 0.3) is 0 Å². The standard InChI is InChI=1S/C24H31ClN4O4S/c1-27(2)24(30)21-7-8-22(26-23(21)25)28-11-9-17(10-12-28)13-18-15-29(16-18)34(31,32)20-6-4-5-19(14-20)33-3/h4-8,14,17-18H,9-13,15-16H2,1-3H3. The summed E-state index contributed by atoms with van der Waals surface area (Å²) in [6, 6.07) is 10.2. The van der Waals surface area contributed by atoms with Crippen LogP contribution in [0.3, 0.4) is 0 Å². The van der Waals surface area contributed by atoms with Crippen LogP contribution in [-0.4, -0.2) is 75.9 Å². The van der Waals surface area contributed by atoms with Gasteiger partial charge in [0, 0.05) is 46.3 Å². The van der Waals surface area contributed by atoms with Gasteiger partial charge in [0.2, 0.25) is 10.0 Å². The van der Waals surface area contributed by atoms with E-state index >= 15 is 0 Å². The molecule has 8 nitrogen and oxygen atoms in total. The maximum absolute atomic E-state index is 12.9. The number of hydrogen-bond donors (Lipinski definition) is 0. The zero-order chi connectivity index (χ0) is 24.5. The summed E-state index contributed by atoms with van der Waals surface area (Å²) >= 11 is 6.28. The first-order chi connectivity index (χ1) is 16.2. The molecule has 2 saturated heterocycles. The summed E-state index contributed by atoms with van der Waals surface area (Å²) in [6.45, 7) is 2.87. The molecule has 0 N–H and O–H groups in total. The number of benzene rings is 1. The smallest absolute Gasteiger partial charge is 0.256 e. The van der Waals surface area contributed by atoms with Gasteiger partial charge in [-0.15, -0.1) is 0 Å². The number of halogens is 1. The third-order valence-electron chi connectivity index (χ3n) is 6.68. The molecule has 0 spiro atoms. The lowest BCUT2D eigenvalue weighted by Crippen LogP contribution is -2.50. The average molecular weight is 507 g/mol. The van der Waals surface area contributed by atoms with Crippen molar-refractivity contribution in [3.8, 4) is 5.75 Å². The first-order valence-electron chi connectivity index (χ1n) is 11.5. The molecule has 1 aromatic heterocycles. The molecular formula is C24H31ClN4O4S. The molecule has 2 aromatic rings. The van der Waals surface area contributed by atoms with Crippen molar-refractivity contribution in [2.24, 2.45) is 11.8 Å². The van der Waals surface area contributed by atoms with Gasteiger partial charge in [-0.2, -0.15) is 4.31 Å². The van der Waals surface area contributed by atoms with Crippen molar-refractivity contribution in [1.82, 2.24) is 14.2 Å². The Hall–Kier alpha value is -2.36. The quantitative estimate of drug-likeness (QED) is 0.535. The lowest BCUT2D eigenvalue weighted by Gasteiger charge is -2.41. The van der Waals surface area contributed by atoms with Crippen LogP contribution in [0.15, 0.2) is 41.3 Å². The van der Waals surface area contributed by atoms with E-state index in [0.29, 0.717) is 36.2 Å². The second-order valence-electron chi connectivity index (χ2n) is 9.24. The van der Waals surface area contributed by atoms with E-state index in [-0.39, 0.29) is 16.0 Å². The second kappa shape index (κ2) is 10.1. The number of nitrogens with zero attached hydrogens (tertiary/aromatic N) is 4. The predicted octanol–water partition coefficient (Wildman–Crippen LogP) is 3.37. The second-order valence-corrected chi connectivity index (χ2v) is 11.5. The van der Waals surface area contributed by atoms with Crippen molar-refractivity contribution >= 4 is 33.3 Å². The van der Waals surface area contributed by atoms with Gasteiger partial charge in [0.15, 0.2) is 0 Å². The minimum atomic E-state index is -3.48. The van der Waals surface area contributed by atoms with Crippen molar-refractivity contribution in [3.63, 3.8) is 0 Å². The van der Waals surface area contributed by atoms with Crippen LogP contribution in [0.4, 0.5) is 5.82 Å². The fourth-order valence-electron chi connectivity index (χ4n) is 4.65. The molecule has 0 unspecified atom stereocenters. The molecule has 0 saturated carbocycles. The van der Waals surface area contributed by atoms with Crippen molar-refractivity contribution < 1.29 is 17.9 Å². The lowest BCUT2D eigenvalue weighted by molar-refractivity contribution is 0.0827. The maximum Gasteiger partial charge on any atom is 0.256 e. The number of anilines is 1. The molecular weight excluding hydrogens is 476 g/mol. The fourth-order valence-corrected chi connectivity index (χ4v) is 6.51. The van der Waals surface area contributed by atoms with Crippen LogP contribution in [0.5, 0.6) is 5.75 Å². The topological polar surface area (TPSA) is 83.1 Å². The van der Waals surface area contributed by atoms with E-state index in [0.717, 1.165) is 38.2 Å². The Morgan fingerprint density at radius 2 is 1.85 bits per heavy atom. The molecule has 3 heterocycles. The van der Waals surface area contributed by atoms with Crippen LogP contribution in [-0.2, 0) is 10.0 Å². The zero-order valence-corrected chi connectivity index (χ0v) is 21.3. The Morgan fingerprint density at radius 1 is 1.15 bits per heavy atom. The third-order valence-corrected chi connectivity index (χ3v) is 8.79. The number of carbonyl (C=O) groups is 1. The Kier molecular flexibility index (Phi) is 7.35. The lowest BCUT2D eigenvalue weighted by atomic mass is 9.84. The Bertz CT molecular complexity index is 1140. The van der Waals surface area contributed by atoms with Gasteiger partial charge in [-0.25, -0.2) is 13.4 Å². The highest BCUT2D eigenvalue weighted by molar-refractivity contribution is 7.89. The highest BCUT2D eigenvalue weighted by Crippen LogP contribution is 2.34. The molecule has 1 aromatic carbocycles. The summed E-state index contributed by atoms with van der Waals surface area (Å²) in [6.07, 6.45) is 3.08. The SMILES string of the molecule is COc1cccc(S(=O)(=O)N2CC(CC3CCN(c4ccc(C(=O)N(C)C)c(Cl)n4)CC3)C2)c1. The first kappa shape index (κ1) is 24.8. The molecule has 10 heteroatoms. The highest BCUT2D eigenvalue weighted by Gasteiger charge is 2.38. The molecule has 184 valence electrons. The minimum absolute atomic E-state index is 0.161. The van der Waals surface area contributed by atoms with Crippen LogP contribution in [0.1, 0.15) is 29.6 Å². The molecule has 1 amide bonds. The van der Waals surface area contributed by atoms with Crippen molar-refractivity contribution in [2.45, 2.75) is 24.2 Å². The molecule has 0 radical (unpaired) electrons. The van der Waals surface area contributed by atoms with E-state index < -0.39 is 10.0 Å². The number of hydrogen-bond acceptors (Lipinski definition) is 6. The highest BCUT2D eigenvalue weighted by atomic mass is 35.5. The van der Waals surface area contributed by atoms with Gasteiger partial charge >= 0.3 is 0 Å². The first-order valence-corrected chi connectivity index (χ1v) is 13.3. The summed E-state index contributed by atoms with van der Waals surface area (Å²) in [5.74, 6) is 2.12. The number of sulfonamides is 1. The van der Waals surface area contributed by atoms with E-state index in [1.165, 1.54) is 12.0 Å². The molecule has 2 aliphatic rings. The Morgan fingerprint density at radius 3 is 2.47 bits per heavy atom. The van der Waals surface area contributed by atoms with Crippen molar-refractivity contribution in [1.29, 1.82) is 0 Å². The van der Waals surface area contributed by atoms with E-state index in [2.05, 4.69) is 9.88 Å². The molecule has 0 aliphatic carbocycles. The third kappa shape index (κ3) is 5.16. The van der Waals surface area contributed by atoms with E-state index in [1.54, 1.807) is 48.7 Å². The van der Waals surface area contributed by atoms with Gasteiger partial charge in [-0.1, -0.05) is 17.7 Å². The zero-order valence-electron chi connectivity index (χ0n) is 19.8. The normalized spacial score (nSPS) is 17.9. The Labute approximate surface area is 206 Å². The van der Waals surface area contributed by atoms with Gasteiger partial charge in [-0.3, -0.25) is 4.79 Å². The Balaban J connectivity index is 1.27. The predicted molar refractivity (Wildman–Crippen MR) is 132 cm³/mol. The number of piperidine rings is 1. The van der Waals surface area contributed by atoms with Crippen LogP contribution < -0.4 is 9.64 Å². The summed E-state index contributed by atoms with van der Waals surface area (Å²) in [7, 11) is 1.43. The van der Waals surface area contributed by atoms with E-state index in [9.17, 15) is 13.2 Å². The number of carbonyl (C=O) groups excluding carboxylic acids is 1. The molecule has 2 fully saturated rings. The van der Waals surface area contributed by atoms with Crippen LogP contribution in [0.2, 0.25) is 5.15 Å². The number of methoxy groups -OCH3 is 1. The number of rotatable bonds is 7. The number of amides is 1. The summed E-state index contributed by atoms with van der Waals surface area (Å²) < 4.78 is 32.5. The van der Waals surface area contributed by atoms with Gasteiger partial charge in [0.05, 0.1) is 17.6 Å². The number of ether oxygens (including phenoxy) is 1. The monoisotopic (exact) mass is 506 g/mol. The maximum atomic E-state index is 12.9. The molecule has 2 aliphatic heterocycles. The average Bonchev–Trinajstić information content (AvgIpc) is 2.80. The summed E-state index contributed by atoms with van der Waals surface area (Å²) in [4.78, 5) is 20.6. The van der Waals surface area contributed by atoms with Crippen LogP contribution in [0, 0.1) is 11.8 Å². The van der Waals surface area contributed by atoms with Crippen molar-refractivity contribution in [3.05, 3.63) is 47.1 Å². The van der Waals surface area contributed by atoms with Gasteiger partial charge < -0.3 is 14.5 Å². The summed E-state index contributed by atoms with van der Waals surface area (Å²) in [5, 5.41) is 0.227. The molecule has 0 bridgehead atoms. The fraction of sp³-hybridized carbons (Fsp3) is 0.500. The van der Waals surface area contributed by atoms with Gasteiger partial charge in [0.25, 0.3) is 5.91 Å². The summed E-state index contributed by atoms with van der Waals surface area (Å²) in [5.41, 5.74) is 0.406. The number of aromatic nitrogens is 1. The molecule has 0 atom stereocenters. The van der Waals surface area contributed by atoms with E-state index in [1.807, 2.05) is 6.07 Å². The van der Waals surface area contributed by atoms with Crippen molar-refractivity contribution in [2.75, 3.05) is 52.3 Å². The van der Waals surface area contributed by atoms with Crippen LogP contribution >= 0.6 is 11.6 Å². The molecule has 4 rings (SSSR count). The molecule has 34 heavy (non-hydrogen) atoms. The van der Waals surface area contributed by atoms with Gasteiger partial charge in [-0.05, 0) is 55.4 Å². The van der Waals surface area contributed by atoms with E-state index in [4.69, 9.17) is 16.3 Å².